The highest BCUT2D eigenvalue weighted by molar-refractivity contribution is 7.17. The summed E-state index contributed by atoms with van der Waals surface area (Å²) in [5.41, 5.74) is 7.16. The largest absolute Gasteiger partial charge is 0.365 e. The SMILES string of the molecule is CC1CCc2c(sc(NC(=O)CN3CCNCC3)c2C(N)=O)C1.Cl. The highest BCUT2D eigenvalue weighted by Crippen LogP contribution is 2.39. The third kappa shape index (κ3) is 4.27. The average molecular weight is 373 g/mol. The number of rotatable bonds is 4. The number of nitrogens with two attached hydrogens (primary N) is 1. The number of carbonyl (C=O) groups excluding carboxylic acids is 2. The van der Waals surface area contributed by atoms with Crippen molar-refractivity contribution in [3.63, 3.8) is 0 Å². The van der Waals surface area contributed by atoms with E-state index in [4.69, 9.17) is 5.73 Å². The molecule has 8 heteroatoms. The van der Waals surface area contributed by atoms with E-state index in [1.165, 1.54) is 16.2 Å². The van der Waals surface area contributed by atoms with E-state index in [0.29, 0.717) is 23.0 Å². The fourth-order valence-electron chi connectivity index (χ4n) is 3.34. The van der Waals surface area contributed by atoms with Gasteiger partial charge in [-0.05, 0) is 30.7 Å². The molecule has 1 atom stereocenters. The molecule has 4 N–H and O–H groups in total. The lowest BCUT2D eigenvalue weighted by Gasteiger charge is -2.26. The van der Waals surface area contributed by atoms with E-state index in [2.05, 4.69) is 22.5 Å². The first-order valence-electron chi connectivity index (χ1n) is 8.22. The lowest BCUT2D eigenvalue weighted by Crippen LogP contribution is -2.46. The summed E-state index contributed by atoms with van der Waals surface area (Å²) in [6.07, 6.45) is 2.91. The van der Waals surface area contributed by atoms with Gasteiger partial charge in [-0.2, -0.15) is 0 Å². The number of carbonyl (C=O) groups is 2. The molecule has 1 aromatic heterocycles. The highest BCUT2D eigenvalue weighted by atomic mass is 35.5. The Hall–Kier alpha value is -1.15. The summed E-state index contributed by atoms with van der Waals surface area (Å²) in [7, 11) is 0. The number of piperazine rings is 1. The minimum absolute atomic E-state index is 0. The molecular formula is C16H25ClN4O2S. The monoisotopic (exact) mass is 372 g/mol. The highest BCUT2D eigenvalue weighted by Gasteiger charge is 2.27. The summed E-state index contributed by atoms with van der Waals surface area (Å²) in [4.78, 5) is 27.5. The number of thiophene rings is 1. The third-order valence-corrected chi connectivity index (χ3v) is 5.76. The van der Waals surface area contributed by atoms with E-state index in [1.54, 1.807) is 0 Å². The van der Waals surface area contributed by atoms with Gasteiger partial charge in [0.05, 0.1) is 12.1 Å². The van der Waals surface area contributed by atoms with Crippen LogP contribution in [0.1, 0.15) is 34.1 Å². The molecule has 1 fully saturated rings. The molecule has 24 heavy (non-hydrogen) atoms. The molecule has 134 valence electrons. The van der Waals surface area contributed by atoms with Crippen LogP contribution in [0.5, 0.6) is 0 Å². The summed E-state index contributed by atoms with van der Waals surface area (Å²) in [6.45, 7) is 6.13. The Balaban J connectivity index is 0.00000208. The average Bonchev–Trinajstić information content (AvgIpc) is 2.84. The van der Waals surface area contributed by atoms with E-state index in [1.807, 2.05) is 0 Å². The third-order valence-electron chi connectivity index (χ3n) is 4.59. The van der Waals surface area contributed by atoms with Crippen molar-refractivity contribution in [2.75, 3.05) is 38.0 Å². The van der Waals surface area contributed by atoms with Gasteiger partial charge >= 0.3 is 0 Å². The predicted molar refractivity (Wildman–Crippen MR) is 99.2 cm³/mol. The Morgan fingerprint density at radius 1 is 1.38 bits per heavy atom. The van der Waals surface area contributed by atoms with Crippen molar-refractivity contribution in [2.24, 2.45) is 11.7 Å². The smallest absolute Gasteiger partial charge is 0.251 e. The zero-order valence-corrected chi connectivity index (χ0v) is 15.5. The Morgan fingerprint density at radius 3 is 2.75 bits per heavy atom. The second-order valence-corrected chi connectivity index (χ2v) is 7.60. The zero-order chi connectivity index (χ0) is 16.4. The van der Waals surface area contributed by atoms with Crippen LogP contribution in [-0.2, 0) is 17.6 Å². The van der Waals surface area contributed by atoms with Gasteiger partial charge in [0.25, 0.3) is 5.91 Å². The van der Waals surface area contributed by atoms with E-state index in [-0.39, 0.29) is 18.3 Å². The maximum absolute atomic E-state index is 12.3. The van der Waals surface area contributed by atoms with Crippen LogP contribution in [0.2, 0.25) is 0 Å². The second-order valence-electron chi connectivity index (χ2n) is 6.49. The van der Waals surface area contributed by atoms with Crippen LogP contribution in [0.3, 0.4) is 0 Å². The topological polar surface area (TPSA) is 87.5 Å². The maximum atomic E-state index is 12.3. The Kier molecular flexibility index (Phi) is 6.62. The Labute approximate surface area is 152 Å². The van der Waals surface area contributed by atoms with E-state index in [0.717, 1.165) is 51.0 Å². The first-order valence-corrected chi connectivity index (χ1v) is 9.03. The van der Waals surface area contributed by atoms with Gasteiger partial charge < -0.3 is 16.4 Å². The van der Waals surface area contributed by atoms with E-state index >= 15 is 0 Å². The Bertz CT molecular complexity index is 613. The molecule has 0 aromatic carbocycles. The van der Waals surface area contributed by atoms with Crippen LogP contribution in [0.15, 0.2) is 0 Å². The van der Waals surface area contributed by atoms with Gasteiger partial charge in [-0.25, -0.2) is 0 Å². The molecule has 1 aliphatic heterocycles. The van der Waals surface area contributed by atoms with Crippen LogP contribution in [-0.4, -0.2) is 49.4 Å². The molecule has 1 aliphatic carbocycles. The van der Waals surface area contributed by atoms with Crippen molar-refractivity contribution in [3.05, 3.63) is 16.0 Å². The summed E-state index contributed by atoms with van der Waals surface area (Å²) in [6, 6.07) is 0. The number of fused-ring (bicyclic) bond motifs is 1. The number of primary amides is 1. The summed E-state index contributed by atoms with van der Waals surface area (Å²) in [5, 5.41) is 6.83. The van der Waals surface area contributed by atoms with Crippen LogP contribution >= 0.6 is 23.7 Å². The molecule has 2 heterocycles. The summed E-state index contributed by atoms with van der Waals surface area (Å²) in [5.74, 6) is 0.113. The molecule has 2 amide bonds. The first-order chi connectivity index (χ1) is 11.0. The van der Waals surface area contributed by atoms with Crippen molar-refractivity contribution in [2.45, 2.75) is 26.2 Å². The fraction of sp³-hybridized carbons (Fsp3) is 0.625. The number of nitrogens with one attached hydrogen (secondary N) is 2. The molecular weight excluding hydrogens is 348 g/mol. The molecule has 1 saturated heterocycles. The van der Waals surface area contributed by atoms with Crippen molar-refractivity contribution in [1.29, 1.82) is 0 Å². The fourth-order valence-corrected chi connectivity index (χ4v) is 4.77. The second kappa shape index (κ2) is 8.29. The molecule has 1 unspecified atom stereocenters. The number of halogens is 1. The first kappa shape index (κ1) is 19.2. The minimum atomic E-state index is -0.436. The number of hydrogen-bond acceptors (Lipinski definition) is 5. The molecule has 2 aliphatic rings. The van der Waals surface area contributed by atoms with Gasteiger partial charge in [-0.1, -0.05) is 6.92 Å². The number of nitrogens with zero attached hydrogens (tertiary/aromatic N) is 1. The van der Waals surface area contributed by atoms with Crippen LogP contribution in [0.4, 0.5) is 5.00 Å². The molecule has 0 spiro atoms. The van der Waals surface area contributed by atoms with Crippen LogP contribution < -0.4 is 16.4 Å². The van der Waals surface area contributed by atoms with Gasteiger partial charge in [-0.3, -0.25) is 14.5 Å². The van der Waals surface area contributed by atoms with Gasteiger partial charge in [0, 0.05) is 31.1 Å². The van der Waals surface area contributed by atoms with E-state index < -0.39 is 5.91 Å². The molecule has 0 bridgehead atoms. The van der Waals surface area contributed by atoms with Crippen molar-refractivity contribution >= 4 is 40.6 Å². The Morgan fingerprint density at radius 2 is 2.08 bits per heavy atom. The zero-order valence-electron chi connectivity index (χ0n) is 13.9. The molecule has 0 saturated carbocycles. The molecule has 0 radical (unpaired) electrons. The minimum Gasteiger partial charge on any atom is -0.365 e. The van der Waals surface area contributed by atoms with Crippen molar-refractivity contribution in [3.8, 4) is 0 Å². The van der Waals surface area contributed by atoms with Crippen molar-refractivity contribution < 1.29 is 9.59 Å². The summed E-state index contributed by atoms with van der Waals surface area (Å²) >= 11 is 1.52. The molecule has 6 nitrogen and oxygen atoms in total. The normalized spacial score (nSPS) is 20.8. The number of anilines is 1. The quantitative estimate of drug-likeness (QED) is 0.742. The summed E-state index contributed by atoms with van der Waals surface area (Å²) < 4.78 is 0. The van der Waals surface area contributed by atoms with Gasteiger partial charge in [-0.15, -0.1) is 23.7 Å². The lowest BCUT2D eigenvalue weighted by atomic mass is 9.88. The lowest BCUT2D eigenvalue weighted by molar-refractivity contribution is -0.117. The maximum Gasteiger partial charge on any atom is 0.251 e. The van der Waals surface area contributed by atoms with Gasteiger partial charge in [0.15, 0.2) is 0 Å². The van der Waals surface area contributed by atoms with Crippen LogP contribution in [0.25, 0.3) is 0 Å². The molecule has 3 rings (SSSR count). The van der Waals surface area contributed by atoms with Gasteiger partial charge in [0.1, 0.15) is 5.00 Å². The van der Waals surface area contributed by atoms with Crippen molar-refractivity contribution in [1.82, 2.24) is 10.2 Å². The van der Waals surface area contributed by atoms with Gasteiger partial charge in [0.2, 0.25) is 5.91 Å². The molecule has 1 aromatic rings. The number of amides is 2. The number of hydrogen-bond donors (Lipinski definition) is 3. The standard InChI is InChI=1S/C16H24N4O2S.ClH/c1-10-2-3-11-12(8-10)23-16(14(11)15(17)22)19-13(21)9-20-6-4-18-5-7-20;/h10,18H,2-9H2,1H3,(H2,17,22)(H,19,21);1H. The predicted octanol–water partition coefficient (Wildman–Crippen LogP) is 1.24. The van der Waals surface area contributed by atoms with Crippen LogP contribution in [0, 0.1) is 5.92 Å². The van der Waals surface area contributed by atoms with E-state index in [9.17, 15) is 9.59 Å².